The van der Waals surface area contributed by atoms with Gasteiger partial charge in [0.25, 0.3) is 0 Å². The first kappa shape index (κ1) is 56.8. The fraction of sp³-hybridized carbons (Fsp3) is 0.410. The van der Waals surface area contributed by atoms with E-state index in [2.05, 4.69) is 139 Å². The topological polar surface area (TPSA) is 145 Å². The van der Waals surface area contributed by atoms with E-state index in [0.29, 0.717) is 5.15 Å². The fourth-order valence-corrected chi connectivity index (χ4v) is 14.0. The predicted molar refractivity (Wildman–Crippen MR) is 318 cm³/mol. The fourth-order valence-electron chi connectivity index (χ4n) is 9.88. The number of rotatable bonds is 14. The van der Waals surface area contributed by atoms with Crippen molar-refractivity contribution >= 4 is 53.3 Å². The molecule has 4 aromatic carbocycles. The first-order valence-corrected chi connectivity index (χ1v) is 28.9. The second-order valence-corrected chi connectivity index (χ2v) is 23.3. The lowest BCUT2D eigenvalue weighted by Gasteiger charge is -2.39. The molecule has 0 bridgehead atoms. The highest BCUT2D eigenvalue weighted by molar-refractivity contribution is 7.67. The zero-order valence-electron chi connectivity index (χ0n) is 45.3. The third-order valence-corrected chi connectivity index (χ3v) is 18.2. The third kappa shape index (κ3) is 15.2. The molecule has 4 heterocycles. The van der Waals surface area contributed by atoms with Crippen molar-refractivity contribution in [3.63, 3.8) is 0 Å². The molecule has 0 aliphatic heterocycles. The number of nitrogens with zero attached hydrogens (tertiary/aromatic N) is 8. The van der Waals surface area contributed by atoms with Gasteiger partial charge >= 0.3 is 0 Å². The molecule has 2 atom stereocenters. The van der Waals surface area contributed by atoms with Gasteiger partial charge in [-0.05, 0) is 127 Å². The Kier molecular flexibility index (Phi) is 21.5. The highest BCUT2D eigenvalue weighted by atomic mass is 35.5. The molecule has 0 spiro atoms. The van der Waals surface area contributed by atoms with Crippen LogP contribution in [0.4, 0.5) is 17.2 Å². The summed E-state index contributed by atoms with van der Waals surface area (Å²) in [5, 5.41) is 31.9. The molecule has 5 N–H and O–H groups in total. The van der Waals surface area contributed by atoms with Crippen molar-refractivity contribution in [3.8, 4) is 33.6 Å². The summed E-state index contributed by atoms with van der Waals surface area (Å²) in [4.78, 5) is 12.9. The maximum absolute atomic E-state index is 9.35. The molecular formula is C61H80ClN10O2P. The van der Waals surface area contributed by atoms with Gasteiger partial charge < -0.3 is 31.1 Å². The van der Waals surface area contributed by atoms with E-state index in [0.717, 1.165) is 75.2 Å². The van der Waals surface area contributed by atoms with Crippen LogP contribution in [0.2, 0.25) is 5.15 Å². The number of hydrogen-bond donors (Lipinski definition) is 4. The molecule has 2 aliphatic carbocycles. The number of aryl methyl sites for hydroxylation is 1. The molecule has 14 heteroatoms. The van der Waals surface area contributed by atoms with Gasteiger partial charge in [0.2, 0.25) is 0 Å². The van der Waals surface area contributed by atoms with Gasteiger partial charge in [-0.25, -0.2) is 19.0 Å². The Labute approximate surface area is 452 Å². The normalized spacial score (nSPS) is 14.7. The van der Waals surface area contributed by atoms with Gasteiger partial charge in [-0.1, -0.05) is 145 Å². The van der Waals surface area contributed by atoms with Gasteiger partial charge in [0.1, 0.15) is 11.0 Å². The Hall–Kier alpha value is -5.88. The monoisotopic (exact) mass is 1050 g/mol. The average Bonchev–Trinajstić information content (AvgIpc) is 4.08. The van der Waals surface area contributed by atoms with E-state index >= 15 is 0 Å². The predicted octanol–water partition coefficient (Wildman–Crippen LogP) is 12.9. The Balaban J connectivity index is 0.000000157. The summed E-state index contributed by atoms with van der Waals surface area (Å²) in [5.41, 5.74) is 19.5. The lowest BCUT2D eigenvalue weighted by Crippen LogP contribution is -2.27. The van der Waals surface area contributed by atoms with Crippen LogP contribution in [0.15, 0.2) is 134 Å². The molecule has 0 amide bonds. The maximum Gasteiger partial charge on any atom is 0.154 e. The van der Waals surface area contributed by atoms with Crippen LogP contribution in [0.1, 0.15) is 96.5 Å². The molecule has 8 aromatic rings. The number of benzene rings is 4. The number of fused-ring (bicyclic) bond motifs is 2. The number of aliphatic hydroxyl groups excluding tert-OH is 2. The SMILES string of the molecule is CCC(CO)Nc1ccc2ncc(-c3ccc(N(C)C)cc3)n2n1.CCC(N)CO.CN(C)c1ccc(-c2cnc3ccc(Cl)nn23)cc1.Cc1ccccc1-c1ccccc1P(C1CCCCC1)C1CCCCC1. The number of hydrogen-bond acceptors (Lipinski definition) is 10. The van der Waals surface area contributed by atoms with E-state index in [1.807, 2.05) is 77.1 Å². The molecule has 2 fully saturated rings. The molecule has 4 aromatic heterocycles. The zero-order valence-corrected chi connectivity index (χ0v) is 46.9. The number of aromatic nitrogens is 6. The van der Waals surface area contributed by atoms with Crippen molar-refractivity contribution in [2.45, 2.75) is 121 Å². The molecule has 2 saturated carbocycles. The lowest BCUT2D eigenvalue weighted by molar-refractivity contribution is 0.263. The van der Waals surface area contributed by atoms with Gasteiger partial charge in [-0.15, -0.1) is 5.10 Å². The van der Waals surface area contributed by atoms with Gasteiger partial charge in [0, 0.05) is 56.7 Å². The zero-order chi connectivity index (χ0) is 53.3. The van der Waals surface area contributed by atoms with Crippen LogP contribution < -0.4 is 26.2 Å². The number of aliphatic hydroxyl groups is 2. The van der Waals surface area contributed by atoms with E-state index in [1.54, 1.807) is 15.9 Å². The molecule has 0 saturated heterocycles. The van der Waals surface area contributed by atoms with E-state index in [1.165, 1.54) is 80.9 Å². The summed E-state index contributed by atoms with van der Waals surface area (Å²) in [6.45, 7) is 6.44. The largest absolute Gasteiger partial charge is 0.395 e. The van der Waals surface area contributed by atoms with Crippen LogP contribution in [-0.4, -0.2) is 104 Å². The van der Waals surface area contributed by atoms with Crippen LogP contribution >= 0.6 is 19.5 Å². The summed E-state index contributed by atoms with van der Waals surface area (Å²) in [5.74, 6) is 0.729. The lowest BCUT2D eigenvalue weighted by atomic mass is 9.99. The Bertz CT molecular complexity index is 2940. The molecular weight excluding hydrogens is 971 g/mol. The minimum atomic E-state index is -0.0489. The van der Waals surface area contributed by atoms with Crippen molar-refractivity contribution in [2.24, 2.45) is 5.73 Å². The minimum Gasteiger partial charge on any atom is -0.395 e. The van der Waals surface area contributed by atoms with Crippen LogP contribution in [0.5, 0.6) is 0 Å². The minimum absolute atomic E-state index is 0.00120. The summed E-state index contributed by atoms with van der Waals surface area (Å²) in [7, 11) is 8.03. The molecule has 398 valence electrons. The van der Waals surface area contributed by atoms with E-state index in [9.17, 15) is 5.11 Å². The van der Waals surface area contributed by atoms with Gasteiger partial charge in [0.15, 0.2) is 11.3 Å². The van der Waals surface area contributed by atoms with Crippen molar-refractivity contribution in [2.75, 3.05) is 56.5 Å². The third-order valence-electron chi connectivity index (χ3n) is 14.4. The summed E-state index contributed by atoms with van der Waals surface area (Å²) >= 11 is 5.94. The summed E-state index contributed by atoms with van der Waals surface area (Å²) in [6.07, 6.45) is 20.0. The Morgan fingerprint density at radius 1 is 0.613 bits per heavy atom. The van der Waals surface area contributed by atoms with Gasteiger partial charge in [0.05, 0.1) is 43.0 Å². The van der Waals surface area contributed by atoms with Crippen LogP contribution in [0.3, 0.4) is 0 Å². The number of halogens is 1. The smallest absolute Gasteiger partial charge is 0.154 e. The number of anilines is 3. The Morgan fingerprint density at radius 2 is 1.11 bits per heavy atom. The van der Waals surface area contributed by atoms with Gasteiger partial charge in [-0.2, -0.15) is 5.10 Å². The van der Waals surface area contributed by atoms with Gasteiger partial charge in [-0.3, -0.25) is 0 Å². The van der Waals surface area contributed by atoms with E-state index in [-0.39, 0.29) is 33.2 Å². The van der Waals surface area contributed by atoms with Crippen LogP contribution in [0.25, 0.3) is 44.9 Å². The van der Waals surface area contributed by atoms with Crippen molar-refractivity contribution in [1.82, 2.24) is 29.2 Å². The molecule has 0 radical (unpaired) electrons. The number of nitrogens with one attached hydrogen (secondary N) is 1. The molecule has 12 nitrogen and oxygen atoms in total. The van der Waals surface area contributed by atoms with Crippen LogP contribution in [0, 0.1) is 6.92 Å². The summed E-state index contributed by atoms with van der Waals surface area (Å²) < 4.78 is 3.59. The Morgan fingerprint density at radius 3 is 1.57 bits per heavy atom. The number of imidazole rings is 2. The average molecular weight is 1050 g/mol. The number of nitrogens with two attached hydrogens (primary N) is 1. The molecule has 10 rings (SSSR count). The van der Waals surface area contributed by atoms with Crippen molar-refractivity contribution in [3.05, 3.63) is 144 Å². The molecule has 75 heavy (non-hydrogen) atoms. The molecule has 2 unspecified atom stereocenters. The first-order valence-electron chi connectivity index (χ1n) is 27.0. The second-order valence-electron chi connectivity index (χ2n) is 20.2. The van der Waals surface area contributed by atoms with Crippen molar-refractivity contribution < 1.29 is 10.2 Å². The summed E-state index contributed by atoms with van der Waals surface area (Å²) in [6, 6.07) is 42.4. The first-order chi connectivity index (χ1) is 36.4. The highest BCUT2D eigenvalue weighted by Crippen LogP contribution is 2.56. The maximum atomic E-state index is 9.35. The van der Waals surface area contributed by atoms with Crippen LogP contribution in [-0.2, 0) is 0 Å². The highest BCUT2D eigenvalue weighted by Gasteiger charge is 2.33. The van der Waals surface area contributed by atoms with E-state index < -0.39 is 0 Å². The van der Waals surface area contributed by atoms with Crippen molar-refractivity contribution in [1.29, 1.82) is 0 Å². The standard InChI is InChI=1S/C25H33P.C18H23N5O.C14H13ClN4.C4H11NO/c1-20-12-8-9-17-23(20)24-18-10-11-19-25(24)26(21-13-4-2-5-14-21)22-15-6-3-7-16-22;1-4-14(12-24)20-17-9-10-18-19-11-16(23(18)21-17)13-5-7-15(8-6-13)22(2)3;1-18(2)11-5-3-10(4-6-11)12-9-16-14-8-7-13(15)17-19(12)14;1-2-4(5)3-6/h8-12,17-19,21-22H,2-7,13-16H2,1H3;5-11,14,24H,4,12H2,1-3H3,(H,20,21);3-9H,1-2H3;4,6H,2-3,5H2,1H3. The quantitative estimate of drug-likeness (QED) is 0.0777. The second kappa shape index (κ2) is 28.3. The molecule has 2 aliphatic rings. The van der Waals surface area contributed by atoms with E-state index in [4.69, 9.17) is 22.4 Å².